The first-order valence-corrected chi connectivity index (χ1v) is 9.62. The lowest BCUT2D eigenvalue weighted by Crippen LogP contribution is -2.40. The molecule has 2 aromatic heterocycles. The van der Waals surface area contributed by atoms with E-state index in [-0.39, 0.29) is 17.0 Å². The SMILES string of the molecule is Cc1ccc(C(=O)N2CCC(c3nccn3CC3CCC3)CC2)c(=O)[nH]1. The lowest BCUT2D eigenvalue weighted by Gasteiger charge is -2.33. The van der Waals surface area contributed by atoms with Crippen LogP contribution in [-0.4, -0.2) is 38.4 Å². The number of pyridine rings is 1. The number of nitrogens with zero attached hydrogens (tertiary/aromatic N) is 3. The Morgan fingerprint density at radius 2 is 2.00 bits per heavy atom. The number of aromatic amines is 1. The van der Waals surface area contributed by atoms with Crippen molar-refractivity contribution in [2.45, 2.75) is 51.5 Å². The molecule has 4 rings (SSSR count). The molecule has 2 aliphatic rings. The highest BCUT2D eigenvalue weighted by Crippen LogP contribution is 2.31. The predicted molar refractivity (Wildman–Crippen MR) is 99.2 cm³/mol. The van der Waals surface area contributed by atoms with Crippen molar-refractivity contribution in [2.24, 2.45) is 5.92 Å². The third-order valence-electron chi connectivity index (χ3n) is 5.86. The van der Waals surface area contributed by atoms with E-state index < -0.39 is 0 Å². The summed E-state index contributed by atoms with van der Waals surface area (Å²) in [6.07, 6.45) is 9.81. The van der Waals surface area contributed by atoms with Crippen molar-refractivity contribution in [1.29, 1.82) is 0 Å². The molecular formula is C20H26N4O2. The van der Waals surface area contributed by atoms with Crippen LogP contribution in [0, 0.1) is 12.8 Å². The molecule has 0 unspecified atom stereocenters. The van der Waals surface area contributed by atoms with Crippen molar-refractivity contribution in [2.75, 3.05) is 13.1 Å². The fourth-order valence-corrected chi connectivity index (χ4v) is 4.04. The van der Waals surface area contributed by atoms with Crippen molar-refractivity contribution < 1.29 is 4.79 Å². The van der Waals surface area contributed by atoms with Gasteiger partial charge in [0.1, 0.15) is 11.4 Å². The number of carbonyl (C=O) groups excluding carboxylic acids is 1. The highest BCUT2D eigenvalue weighted by atomic mass is 16.2. The minimum absolute atomic E-state index is 0.164. The van der Waals surface area contributed by atoms with E-state index in [1.807, 2.05) is 13.1 Å². The van der Waals surface area contributed by atoms with E-state index in [9.17, 15) is 9.59 Å². The molecule has 2 fully saturated rings. The Bertz CT molecular complexity index is 841. The Hall–Kier alpha value is -2.37. The van der Waals surface area contributed by atoms with E-state index >= 15 is 0 Å². The van der Waals surface area contributed by atoms with Gasteiger partial charge in [-0.05, 0) is 50.7 Å². The van der Waals surface area contributed by atoms with Crippen LogP contribution in [0.1, 0.15) is 59.9 Å². The molecule has 138 valence electrons. The average molecular weight is 354 g/mol. The number of H-pyrrole nitrogens is 1. The summed E-state index contributed by atoms with van der Waals surface area (Å²) in [6.45, 7) is 4.24. The predicted octanol–water partition coefficient (Wildman–Crippen LogP) is 2.70. The average Bonchev–Trinajstić information content (AvgIpc) is 3.06. The first-order valence-electron chi connectivity index (χ1n) is 9.62. The van der Waals surface area contributed by atoms with Crippen molar-refractivity contribution in [3.05, 3.63) is 52.0 Å². The summed E-state index contributed by atoms with van der Waals surface area (Å²) < 4.78 is 2.32. The lowest BCUT2D eigenvalue weighted by molar-refractivity contribution is 0.0708. The van der Waals surface area contributed by atoms with Crippen LogP contribution in [0.25, 0.3) is 0 Å². The minimum Gasteiger partial charge on any atom is -0.338 e. The molecule has 1 aliphatic heterocycles. The van der Waals surface area contributed by atoms with Gasteiger partial charge in [-0.1, -0.05) is 6.42 Å². The van der Waals surface area contributed by atoms with Crippen LogP contribution in [0.15, 0.2) is 29.3 Å². The maximum atomic E-state index is 12.7. The second kappa shape index (κ2) is 7.09. The van der Waals surface area contributed by atoms with Crippen molar-refractivity contribution in [3.8, 4) is 0 Å². The van der Waals surface area contributed by atoms with Crippen LogP contribution < -0.4 is 5.56 Å². The van der Waals surface area contributed by atoms with Crippen LogP contribution in [0.5, 0.6) is 0 Å². The number of carbonyl (C=O) groups is 1. The molecule has 0 bridgehead atoms. The van der Waals surface area contributed by atoms with E-state index in [2.05, 4.69) is 20.7 Å². The molecule has 6 nitrogen and oxygen atoms in total. The molecule has 0 spiro atoms. The van der Waals surface area contributed by atoms with Crippen LogP contribution in [-0.2, 0) is 6.54 Å². The largest absolute Gasteiger partial charge is 0.338 e. The highest BCUT2D eigenvalue weighted by molar-refractivity contribution is 5.93. The number of rotatable bonds is 4. The molecule has 0 radical (unpaired) electrons. The summed E-state index contributed by atoms with van der Waals surface area (Å²) in [7, 11) is 0. The highest BCUT2D eigenvalue weighted by Gasteiger charge is 2.28. The van der Waals surface area contributed by atoms with E-state index in [0.29, 0.717) is 19.0 Å². The van der Waals surface area contributed by atoms with Gasteiger partial charge in [0, 0.05) is 43.6 Å². The van der Waals surface area contributed by atoms with Gasteiger partial charge in [0.15, 0.2) is 0 Å². The standard InChI is InChI=1S/C20H26N4O2/c1-14-5-6-17(19(25)22-14)20(26)23-10-7-16(8-11-23)18-21-9-12-24(18)13-15-3-2-4-15/h5-6,9,12,15-16H,2-4,7-8,10-11,13H2,1H3,(H,22,25). The summed E-state index contributed by atoms with van der Waals surface area (Å²) in [5.74, 6) is 2.20. The first kappa shape index (κ1) is 17.1. The Labute approximate surface area is 153 Å². The van der Waals surface area contributed by atoms with Crippen LogP contribution in [0.4, 0.5) is 0 Å². The van der Waals surface area contributed by atoms with Crippen molar-refractivity contribution in [3.63, 3.8) is 0 Å². The molecule has 26 heavy (non-hydrogen) atoms. The summed E-state index contributed by atoms with van der Waals surface area (Å²) >= 11 is 0. The van der Waals surface area contributed by atoms with E-state index in [0.717, 1.165) is 36.8 Å². The Balaban J connectivity index is 1.40. The summed E-state index contributed by atoms with van der Waals surface area (Å²) in [5.41, 5.74) is 0.706. The minimum atomic E-state index is -0.298. The summed E-state index contributed by atoms with van der Waals surface area (Å²) in [5, 5.41) is 0. The zero-order valence-corrected chi connectivity index (χ0v) is 15.3. The Morgan fingerprint density at radius 3 is 2.65 bits per heavy atom. The number of imidazole rings is 1. The molecule has 1 amide bonds. The van der Waals surface area contributed by atoms with Crippen LogP contribution in [0.3, 0.4) is 0 Å². The van der Waals surface area contributed by atoms with Gasteiger partial charge in [0.05, 0.1) is 0 Å². The number of aryl methyl sites for hydroxylation is 1. The van der Waals surface area contributed by atoms with E-state index in [4.69, 9.17) is 0 Å². The molecule has 2 aromatic rings. The Morgan fingerprint density at radius 1 is 1.23 bits per heavy atom. The van der Waals surface area contributed by atoms with E-state index in [1.165, 1.54) is 19.3 Å². The number of likely N-dealkylation sites (tertiary alicyclic amines) is 1. The van der Waals surface area contributed by atoms with Gasteiger partial charge in [-0.3, -0.25) is 9.59 Å². The number of aromatic nitrogens is 3. The normalized spacial score (nSPS) is 18.7. The number of hydrogen-bond acceptors (Lipinski definition) is 3. The second-order valence-corrected chi connectivity index (χ2v) is 7.69. The van der Waals surface area contributed by atoms with Gasteiger partial charge < -0.3 is 14.5 Å². The lowest BCUT2D eigenvalue weighted by atomic mass is 9.85. The quantitative estimate of drug-likeness (QED) is 0.918. The van der Waals surface area contributed by atoms with Crippen LogP contribution >= 0.6 is 0 Å². The molecule has 0 aromatic carbocycles. The molecule has 1 saturated carbocycles. The Kier molecular flexibility index (Phi) is 4.66. The second-order valence-electron chi connectivity index (χ2n) is 7.69. The first-order chi connectivity index (χ1) is 12.6. The molecule has 1 N–H and O–H groups in total. The number of amides is 1. The van der Waals surface area contributed by atoms with E-state index in [1.54, 1.807) is 17.0 Å². The van der Waals surface area contributed by atoms with Gasteiger partial charge in [0.25, 0.3) is 11.5 Å². The maximum absolute atomic E-state index is 12.7. The zero-order valence-electron chi connectivity index (χ0n) is 15.3. The van der Waals surface area contributed by atoms with Gasteiger partial charge in [0.2, 0.25) is 0 Å². The van der Waals surface area contributed by atoms with Gasteiger partial charge in [-0.2, -0.15) is 0 Å². The third kappa shape index (κ3) is 3.32. The molecule has 3 heterocycles. The molecule has 1 aliphatic carbocycles. The monoisotopic (exact) mass is 354 g/mol. The molecule has 6 heteroatoms. The molecule has 1 saturated heterocycles. The maximum Gasteiger partial charge on any atom is 0.260 e. The topological polar surface area (TPSA) is 71.0 Å². The number of hydrogen-bond donors (Lipinski definition) is 1. The summed E-state index contributed by atoms with van der Waals surface area (Å²) in [4.78, 5) is 33.8. The smallest absolute Gasteiger partial charge is 0.260 e. The van der Waals surface area contributed by atoms with Gasteiger partial charge in [-0.25, -0.2) is 4.98 Å². The van der Waals surface area contributed by atoms with Gasteiger partial charge >= 0.3 is 0 Å². The van der Waals surface area contributed by atoms with Crippen molar-refractivity contribution in [1.82, 2.24) is 19.4 Å². The fourth-order valence-electron chi connectivity index (χ4n) is 4.04. The molecule has 0 atom stereocenters. The summed E-state index contributed by atoms with van der Waals surface area (Å²) in [6, 6.07) is 3.41. The number of nitrogens with one attached hydrogen (secondary N) is 1. The number of piperidine rings is 1. The zero-order chi connectivity index (χ0) is 18.1. The van der Waals surface area contributed by atoms with Crippen molar-refractivity contribution >= 4 is 5.91 Å². The fraction of sp³-hybridized carbons (Fsp3) is 0.550. The van der Waals surface area contributed by atoms with Crippen LogP contribution in [0.2, 0.25) is 0 Å². The van der Waals surface area contributed by atoms with Gasteiger partial charge in [-0.15, -0.1) is 0 Å². The molecular weight excluding hydrogens is 328 g/mol. The third-order valence-corrected chi connectivity index (χ3v) is 5.86.